The second-order valence-electron chi connectivity index (χ2n) is 8.24. The predicted molar refractivity (Wildman–Crippen MR) is 110 cm³/mol. The zero-order valence-electron chi connectivity index (χ0n) is 17.0. The fourth-order valence-corrected chi connectivity index (χ4v) is 3.77. The molecule has 1 saturated carbocycles. The van der Waals surface area contributed by atoms with Gasteiger partial charge in [-0.25, -0.2) is 4.98 Å². The maximum atomic E-state index is 13.0. The molecular formula is C20H27N3O3S. The van der Waals surface area contributed by atoms with Crippen LogP contribution in [0.25, 0.3) is 10.9 Å². The Balaban J connectivity index is 2.28. The molecule has 7 heteroatoms. The van der Waals surface area contributed by atoms with Gasteiger partial charge in [-0.05, 0) is 65.2 Å². The highest BCUT2D eigenvalue weighted by Gasteiger charge is 2.48. The number of aromatic nitrogens is 2. The second kappa shape index (κ2) is 6.72. The van der Waals surface area contributed by atoms with E-state index in [9.17, 15) is 9.35 Å². The van der Waals surface area contributed by atoms with Gasteiger partial charge in [-0.2, -0.15) is 0 Å². The average molecular weight is 390 g/mol. The van der Waals surface area contributed by atoms with E-state index < -0.39 is 21.7 Å². The molecule has 0 radical (unpaired) electrons. The van der Waals surface area contributed by atoms with Gasteiger partial charge in [0.2, 0.25) is 0 Å². The molecule has 1 fully saturated rings. The second-order valence-corrected chi connectivity index (χ2v) is 10.2. The smallest absolute Gasteiger partial charge is 0.261 e. The van der Waals surface area contributed by atoms with Crippen LogP contribution in [-0.2, 0) is 28.7 Å². The van der Waals surface area contributed by atoms with Gasteiger partial charge in [0.25, 0.3) is 5.56 Å². The number of rotatable bonds is 4. The molecule has 146 valence electrons. The van der Waals surface area contributed by atoms with Gasteiger partial charge in [0, 0.05) is 19.7 Å². The van der Waals surface area contributed by atoms with Crippen LogP contribution in [0.4, 0.5) is 0 Å². The molecule has 0 bridgehead atoms. The summed E-state index contributed by atoms with van der Waals surface area (Å²) in [5.74, 6) is 0.636. The van der Waals surface area contributed by atoms with Crippen molar-refractivity contribution in [2.45, 2.75) is 57.8 Å². The molecule has 0 amide bonds. The van der Waals surface area contributed by atoms with Crippen molar-refractivity contribution < 1.29 is 9.29 Å². The number of fused-ring (bicyclic) bond motifs is 1. The standard InChI is InChI=1S/C20H27N3O3S/c1-12-10-14(13(2)22-27(25)19(3,4)5)16-15(11-12)17(24)23(6)18(21-16)20(26-7)8-9-20/h10-11H,8-9H2,1-7H3/b22-13-/t27-/m1/s1. The van der Waals surface area contributed by atoms with Crippen LogP contribution in [0.1, 0.15) is 57.5 Å². The Bertz CT molecular complexity index is 985. The first kappa shape index (κ1) is 20.0. The van der Waals surface area contributed by atoms with Gasteiger partial charge in [0.1, 0.15) is 27.5 Å². The van der Waals surface area contributed by atoms with Crippen molar-refractivity contribution in [2.75, 3.05) is 7.11 Å². The van der Waals surface area contributed by atoms with Crippen molar-refractivity contribution in [3.8, 4) is 0 Å². The molecule has 3 rings (SSSR count). The van der Waals surface area contributed by atoms with Crippen LogP contribution < -0.4 is 5.56 Å². The minimum absolute atomic E-state index is 0.104. The Labute approximate surface area is 163 Å². The van der Waals surface area contributed by atoms with Crippen LogP contribution in [0.2, 0.25) is 0 Å². The van der Waals surface area contributed by atoms with E-state index in [1.54, 1.807) is 18.7 Å². The number of methoxy groups -OCH3 is 1. The van der Waals surface area contributed by atoms with E-state index in [0.29, 0.717) is 22.4 Å². The summed E-state index contributed by atoms with van der Waals surface area (Å²) in [6, 6.07) is 3.79. The number of hydrogen-bond donors (Lipinski definition) is 0. The molecule has 1 aromatic carbocycles. The maximum Gasteiger partial charge on any atom is 0.261 e. The molecule has 1 aliphatic carbocycles. The molecule has 1 atom stereocenters. The fraction of sp³-hybridized carbons (Fsp3) is 0.550. The van der Waals surface area contributed by atoms with Gasteiger partial charge in [0.05, 0.1) is 16.6 Å². The molecule has 1 heterocycles. The number of benzene rings is 1. The number of aryl methyl sites for hydroxylation is 1. The summed E-state index contributed by atoms with van der Waals surface area (Å²) in [6.07, 6.45) is 1.69. The third-order valence-electron chi connectivity index (χ3n) is 4.96. The largest absolute Gasteiger partial charge is 0.591 e. The lowest BCUT2D eigenvalue weighted by molar-refractivity contribution is 0.0678. The summed E-state index contributed by atoms with van der Waals surface area (Å²) in [5.41, 5.74) is 2.30. The van der Waals surface area contributed by atoms with Gasteiger partial charge in [-0.15, -0.1) is 0 Å². The van der Waals surface area contributed by atoms with Crippen molar-refractivity contribution in [3.63, 3.8) is 0 Å². The van der Waals surface area contributed by atoms with Gasteiger partial charge in [-0.1, -0.05) is 4.40 Å². The Morgan fingerprint density at radius 3 is 2.52 bits per heavy atom. The van der Waals surface area contributed by atoms with Crippen molar-refractivity contribution in [2.24, 2.45) is 11.4 Å². The lowest BCUT2D eigenvalue weighted by Crippen LogP contribution is -2.29. The highest BCUT2D eigenvalue weighted by Crippen LogP contribution is 2.47. The summed E-state index contributed by atoms with van der Waals surface area (Å²) < 4.78 is 23.7. The number of hydrogen-bond acceptors (Lipinski definition) is 5. The quantitative estimate of drug-likeness (QED) is 0.594. The first-order chi connectivity index (χ1) is 12.5. The molecule has 27 heavy (non-hydrogen) atoms. The normalized spacial score (nSPS) is 18.0. The summed E-state index contributed by atoms with van der Waals surface area (Å²) in [4.78, 5) is 17.8. The van der Waals surface area contributed by atoms with Crippen LogP contribution >= 0.6 is 0 Å². The molecule has 0 aliphatic heterocycles. The minimum Gasteiger partial charge on any atom is -0.591 e. The van der Waals surface area contributed by atoms with Crippen LogP contribution in [-0.4, -0.2) is 31.7 Å². The van der Waals surface area contributed by atoms with Crippen LogP contribution in [0.3, 0.4) is 0 Å². The SMILES string of the molecule is COC1(c2nc3c(/C(C)=N\[S@+]([O-])C(C)(C)C)cc(C)cc3c(=O)n2C)CC1. The molecule has 0 spiro atoms. The molecule has 2 aromatic rings. The zero-order valence-corrected chi connectivity index (χ0v) is 17.9. The monoisotopic (exact) mass is 389 g/mol. The van der Waals surface area contributed by atoms with Crippen molar-refractivity contribution >= 4 is 28.0 Å². The van der Waals surface area contributed by atoms with E-state index in [-0.39, 0.29) is 5.56 Å². The Morgan fingerprint density at radius 1 is 1.37 bits per heavy atom. The topological polar surface area (TPSA) is 79.5 Å². The highest BCUT2D eigenvalue weighted by atomic mass is 32.2. The maximum absolute atomic E-state index is 13.0. The number of nitrogens with zero attached hydrogens (tertiary/aromatic N) is 3. The van der Waals surface area contributed by atoms with Crippen molar-refractivity contribution in [1.29, 1.82) is 0 Å². The summed E-state index contributed by atoms with van der Waals surface area (Å²) in [5, 5.41) is 0.541. The third kappa shape index (κ3) is 3.56. The van der Waals surface area contributed by atoms with E-state index in [1.807, 2.05) is 46.8 Å². The Kier molecular flexibility index (Phi) is 4.99. The van der Waals surface area contributed by atoms with Gasteiger partial charge in [-0.3, -0.25) is 9.36 Å². The first-order valence-corrected chi connectivity index (χ1v) is 10.2. The lowest BCUT2D eigenvalue weighted by Gasteiger charge is -2.20. The van der Waals surface area contributed by atoms with Crippen LogP contribution in [0, 0.1) is 6.92 Å². The number of ether oxygens (including phenoxy) is 1. The molecule has 6 nitrogen and oxygen atoms in total. The lowest BCUT2D eigenvalue weighted by atomic mass is 10.0. The highest BCUT2D eigenvalue weighted by molar-refractivity contribution is 7.91. The van der Waals surface area contributed by atoms with Crippen LogP contribution in [0.15, 0.2) is 21.3 Å². The average Bonchev–Trinajstić information content (AvgIpc) is 3.38. The summed E-state index contributed by atoms with van der Waals surface area (Å²) in [7, 11) is 3.39. The van der Waals surface area contributed by atoms with Gasteiger partial charge < -0.3 is 9.29 Å². The molecular weight excluding hydrogens is 362 g/mol. The van der Waals surface area contributed by atoms with E-state index in [1.165, 1.54) is 0 Å². The predicted octanol–water partition coefficient (Wildman–Crippen LogP) is 3.15. The Morgan fingerprint density at radius 2 is 2.00 bits per heavy atom. The molecule has 1 aliphatic rings. The van der Waals surface area contributed by atoms with Gasteiger partial charge >= 0.3 is 0 Å². The molecule has 0 saturated heterocycles. The fourth-order valence-electron chi connectivity index (χ4n) is 3.15. The van der Waals surface area contributed by atoms with E-state index in [4.69, 9.17) is 9.72 Å². The third-order valence-corrected chi connectivity index (χ3v) is 6.45. The van der Waals surface area contributed by atoms with Crippen molar-refractivity contribution in [1.82, 2.24) is 9.55 Å². The summed E-state index contributed by atoms with van der Waals surface area (Å²) >= 11 is -1.39. The van der Waals surface area contributed by atoms with E-state index in [2.05, 4.69) is 4.40 Å². The van der Waals surface area contributed by atoms with Crippen LogP contribution in [0.5, 0.6) is 0 Å². The first-order valence-electron chi connectivity index (χ1n) is 9.05. The van der Waals surface area contributed by atoms with E-state index in [0.717, 1.165) is 24.0 Å². The van der Waals surface area contributed by atoms with Crippen molar-refractivity contribution in [3.05, 3.63) is 39.4 Å². The van der Waals surface area contributed by atoms with E-state index >= 15 is 0 Å². The molecule has 0 N–H and O–H groups in total. The Hall–Kier alpha value is -1.70. The minimum atomic E-state index is -1.39. The van der Waals surface area contributed by atoms with Gasteiger partial charge in [0.15, 0.2) is 0 Å². The zero-order chi connectivity index (χ0) is 20.1. The summed E-state index contributed by atoms with van der Waals surface area (Å²) in [6.45, 7) is 9.41. The molecule has 1 aromatic heterocycles. The molecule has 0 unspecified atom stereocenters.